The van der Waals surface area contributed by atoms with Gasteiger partial charge in [-0.1, -0.05) is 20.8 Å². The van der Waals surface area contributed by atoms with E-state index >= 15 is 0 Å². The highest BCUT2D eigenvalue weighted by atomic mass is 16.1. The minimum absolute atomic E-state index is 0.0335. The Hall–Kier alpha value is -1.12. The van der Waals surface area contributed by atoms with Crippen molar-refractivity contribution in [1.82, 2.24) is 9.97 Å². The number of aromatic nitrogens is 2. The van der Waals surface area contributed by atoms with Crippen molar-refractivity contribution in [3.63, 3.8) is 0 Å². The van der Waals surface area contributed by atoms with Gasteiger partial charge in [-0.3, -0.25) is 4.79 Å². The lowest BCUT2D eigenvalue weighted by Crippen LogP contribution is -2.19. The van der Waals surface area contributed by atoms with E-state index in [4.69, 9.17) is 0 Å². The van der Waals surface area contributed by atoms with Gasteiger partial charge < -0.3 is 4.98 Å². The largest absolute Gasteiger partial charge is 0.310 e. The summed E-state index contributed by atoms with van der Waals surface area (Å²) < 4.78 is 0. The van der Waals surface area contributed by atoms with Crippen LogP contribution in [0.15, 0.2) is 4.79 Å². The highest BCUT2D eigenvalue weighted by Gasteiger charge is 2.06. The van der Waals surface area contributed by atoms with Gasteiger partial charge in [-0.2, -0.15) is 0 Å². The predicted molar refractivity (Wildman–Crippen MR) is 53.0 cm³/mol. The number of aryl methyl sites for hydroxylation is 2. The molecule has 0 spiro atoms. The smallest absolute Gasteiger partial charge is 0.254 e. The molecule has 0 radical (unpaired) electrons. The Morgan fingerprint density at radius 1 is 1.15 bits per heavy atom. The highest BCUT2D eigenvalue weighted by molar-refractivity contribution is 5.17. The Kier molecular flexibility index (Phi) is 3.23. The van der Waals surface area contributed by atoms with Gasteiger partial charge >= 0.3 is 0 Å². The van der Waals surface area contributed by atoms with Crippen LogP contribution >= 0.6 is 0 Å². The average Bonchev–Trinajstić information content (AvgIpc) is 2.16. The monoisotopic (exact) mass is 180 g/mol. The Labute approximate surface area is 78.2 Å². The normalized spacial score (nSPS) is 10.4. The van der Waals surface area contributed by atoms with Gasteiger partial charge in [-0.25, -0.2) is 4.98 Å². The molecule has 1 rings (SSSR count). The molecule has 72 valence electrons. The van der Waals surface area contributed by atoms with Crippen molar-refractivity contribution in [2.75, 3.05) is 0 Å². The molecular formula is C10H16N2O. The molecule has 0 unspecified atom stereocenters. The number of nitrogens with one attached hydrogen (secondary N) is 1. The van der Waals surface area contributed by atoms with Gasteiger partial charge in [0.05, 0.1) is 5.69 Å². The maximum atomic E-state index is 11.5. The fraction of sp³-hybridized carbons (Fsp3) is 0.600. The van der Waals surface area contributed by atoms with E-state index in [9.17, 15) is 4.79 Å². The van der Waals surface area contributed by atoms with Crippen LogP contribution in [0.2, 0.25) is 0 Å². The van der Waals surface area contributed by atoms with Crippen LogP contribution in [-0.4, -0.2) is 9.97 Å². The molecule has 0 aliphatic carbocycles. The van der Waals surface area contributed by atoms with Crippen molar-refractivity contribution >= 4 is 0 Å². The van der Waals surface area contributed by atoms with Gasteiger partial charge in [0.2, 0.25) is 0 Å². The number of hydrogen-bond acceptors (Lipinski definition) is 2. The summed E-state index contributed by atoms with van der Waals surface area (Å²) in [6.07, 6.45) is 2.38. The van der Waals surface area contributed by atoms with Crippen molar-refractivity contribution in [1.29, 1.82) is 0 Å². The molecule has 0 saturated heterocycles. The number of hydrogen-bond donors (Lipinski definition) is 1. The first-order valence-corrected chi connectivity index (χ1v) is 4.83. The minimum Gasteiger partial charge on any atom is -0.310 e. The molecule has 0 aliphatic rings. The summed E-state index contributed by atoms with van der Waals surface area (Å²) in [5.41, 5.74) is 1.81. The summed E-state index contributed by atoms with van der Waals surface area (Å²) in [5.74, 6) is 0.791. The fourth-order valence-corrected chi connectivity index (χ4v) is 1.42. The van der Waals surface area contributed by atoms with Crippen LogP contribution in [-0.2, 0) is 19.3 Å². The summed E-state index contributed by atoms with van der Waals surface area (Å²) in [4.78, 5) is 18.7. The molecule has 0 bridgehead atoms. The summed E-state index contributed by atoms with van der Waals surface area (Å²) in [6.45, 7) is 6.00. The molecule has 0 atom stereocenters. The van der Waals surface area contributed by atoms with Gasteiger partial charge in [0, 0.05) is 12.0 Å². The van der Waals surface area contributed by atoms with Crippen LogP contribution < -0.4 is 5.56 Å². The molecule has 1 heterocycles. The van der Waals surface area contributed by atoms with Crippen LogP contribution in [0.3, 0.4) is 0 Å². The predicted octanol–water partition coefficient (Wildman–Crippen LogP) is 1.46. The molecule has 1 N–H and O–H groups in total. The molecule has 0 aromatic carbocycles. The third kappa shape index (κ3) is 1.97. The SMILES string of the molecule is CCc1nc(CC)c(CC)c(=O)[nH]1. The minimum atomic E-state index is 0.0335. The second kappa shape index (κ2) is 4.21. The van der Waals surface area contributed by atoms with Gasteiger partial charge in [-0.15, -0.1) is 0 Å². The zero-order valence-corrected chi connectivity index (χ0v) is 8.48. The first-order valence-electron chi connectivity index (χ1n) is 4.83. The Morgan fingerprint density at radius 3 is 2.31 bits per heavy atom. The standard InChI is InChI=1S/C10H16N2O/c1-4-7-8(5-2)11-9(6-3)12-10(7)13/h4-6H2,1-3H3,(H,11,12,13). The Bertz CT molecular complexity index is 341. The summed E-state index contributed by atoms with van der Waals surface area (Å²) in [5, 5.41) is 0. The summed E-state index contributed by atoms with van der Waals surface area (Å²) >= 11 is 0. The van der Waals surface area contributed by atoms with E-state index in [1.54, 1.807) is 0 Å². The van der Waals surface area contributed by atoms with Gasteiger partial charge in [-0.05, 0) is 12.8 Å². The third-order valence-corrected chi connectivity index (χ3v) is 2.17. The van der Waals surface area contributed by atoms with Crippen molar-refractivity contribution < 1.29 is 0 Å². The van der Waals surface area contributed by atoms with Gasteiger partial charge in [0.1, 0.15) is 5.82 Å². The van der Waals surface area contributed by atoms with Gasteiger partial charge in [0.25, 0.3) is 5.56 Å². The molecule has 3 heteroatoms. The molecule has 0 amide bonds. The molecule has 3 nitrogen and oxygen atoms in total. The number of aromatic amines is 1. The fourth-order valence-electron chi connectivity index (χ4n) is 1.42. The maximum absolute atomic E-state index is 11.5. The molecule has 13 heavy (non-hydrogen) atoms. The lowest BCUT2D eigenvalue weighted by molar-refractivity contribution is 0.834. The first kappa shape index (κ1) is 9.96. The van der Waals surface area contributed by atoms with Crippen LogP contribution in [0.5, 0.6) is 0 Å². The van der Waals surface area contributed by atoms with E-state index in [2.05, 4.69) is 9.97 Å². The molecule has 0 fully saturated rings. The number of H-pyrrole nitrogens is 1. The van der Waals surface area contributed by atoms with Gasteiger partial charge in [0.15, 0.2) is 0 Å². The molecule has 1 aromatic rings. The van der Waals surface area contributed by atoms with E-state index in [1.165, 1.54) is 0 Å². The van der Waals surface area contributed by atoms with E-state index in [0.717, 1.165) is 36.3 Å². The summed E-state index contributed by atoms with van der Waals surface area (Å²) in [6, 6.07) is 0. The van der Waals surface area contributed by atoms with Crippen molar-refractivity contribution in [2.24, 2.45) is 0 Å². The van der Waals surface area contributed by atoms with Crippen molar-refractivity contribution in [3.8, 4) is 0 Å². The topological polar surface area (TPSA) is 45.8 Å². The third-order valence-electron chi connectivity index (χ3n) is 2.17. The lowest BCUT2D eigenvalue weighted by Gasteiger charge is -2.05. The second-order valence-electron chi connectivity index (χ2n) is 3.00. The van der Waals surface area contributed by atoms with E-state index < -0.39 is 0 Å². The number of rotatable bonds is 3. The van der Waals surface area contributed by atoms with E-state index in [1.807, 2.05) is 20.8 Å². The zero-order chi connectivity index (χ0) is 9.84. The maximum Gasteiger partial charge on any atom is 0.254 e. The molecule has 0 aliphatic heterocycles. The van der Waals surface area contributed by atoms with Crippen molar-refractivity contribution in [3.05, 3.63) is 27.4 Å². The average molecular weight is 180 g/mol. The van der Waals surface area contributed by atoms with E-state index in [-0.39, 0.29) is 5.56 Å². The molecular weight excluding hydrogens is 164 g/mol. The summed E-state index contributed by atoms with van der Waals surface area (Å²) in [7, 11) is 0. The first-order chi connectivity index (χ1) is 6.22. The van der Waals surface area contributed by atoms with Crippen LogP contribution in [0.25, 0.3) is 0 Å². The Morgan fingerprint density at radius 2 is 1.85 bits per heavy atom. The quantitative estimate of drug-likeness (QED) is 0.765. The zero-order valence-electron chi connectivity index (χ0n) is 8.48. The molecule has 1 aromatic heterocycles. The van der Waals surface area contributed by atoms with Crippen LogP contribution in [0.4, 0.5) is 0 Å². The van der Waals surface area contributed by atoms with Crippen LogP contribution in [0.1, 0.15) is 37.9 Å². The Balaban J connectivity index is 3.29. The van der Waals surface area contributed by atoms with E-state index in [0.29, 0.717) is 0 Å². The van der Waals surface area contributed by atoms with Crippen LogP contribution in [0, 0.1) is 0 Å². The second-order valence-corrected chi connectivity index (χ2v) is 3.00. The highest BCUT2D eigenvalue weighted by Crippen LogP contribution is 2.02. The number of nitrogens with zero attached hydrogens (tertiary/aromatic N) is 1. The lowest BCUT2D eigenvalue weighted by atomic mass is 10.1. The van der Waals surface area contributed by atoms with Crippen molar-refractivity contribution in [2.45, 2.75) is 40.0 Å². The molecule has 0 saturated carbocycles.